The number of rotatable bonds is 4. The number of carbonyl (C=O) groups is 2. The number of esters is 1. The number of hydrogen-bond acceptors (Lipinski definition) is 5. The van der Waals surface area contributed by atoms with Crippen molar-refractivity contribution in [3.8, 4) is 11.3 Å². The van der Waals surface area contributed by atoms with Gasteiger partial charge in [-0.25, -0.2) is 9.48 Å². The summed E-state index contributed by atoms with van der Waals surface area (Å²) in [5.41, 5.74) is 7.39. The molecule has 0 spiro atoms. The second-order valence-electron chi connectivity index (χ2n) is 4.28. The predicted octanol–water partition coefficient (Wildman–Crippen LogP) is 1.68. The van der Waals surface area contributed by atoms with Crippen LogP contribution in [0.5, 0.6) is 0 Å². The topological polar surface area (TPSA) is 87.2 Å². The summed E-state index contributed by atoms with van der Waals surface area (Å²) in [6.07, 6.45) is 0.644. The quantitative estimate of drug-likeness (QED) is 0.676. The minimum Gasteiger partial charge on any atom is -0.467 e. The van der Waals surface area contributed by atoms with E-state index in [4.69, 9.17) is 5.73 Å². The van der Waals surface area contributed by atoms with Gasteiger partial charge in [0, 0.05) is 5.56 Å². The molecule has 0 saturated carbocycles. The van der Waals surface area contributed by atoms with Crippen LogP contribution in [0.4, 0.5) is 5.82 Å². The molecular weight excluding hydrogens is 258 g/mol. The van der Waals surface area contributed by atoms with Crippen LogP contribution in [-0.2, 0) is 9.53 Å². The zero-order valence-corrected chi connectivity index (χ0v) is 11.2. The Morgan fingerprint density at radius 1 is 1.40 bits per heavy atom. The molecule has 1 aromatic carbocycles. The average molecular weight is 273 g/mol. The molecule has 0 amide bonds. The van der Waals surface area contributed by atoms with Crippen LogP contribution in [0.15, 0.2) is 30.3 Å². The Bertz CT molecular complexity index is 635. The fourth-order valence-corrected chi connectivity index (χ4v) is 1.95. The number of carbonyl (C=O) groups excluding carboxylic acids is 2. The first kappa shape index (κ1) is 13.8. The third-order valence-electron chi connectivity index (χ3n) is 3.06. The fourth-order valence-electron chi connectivity index (χ4n) is 1.95. The van der Waals surface area contributed by atoms with E-state index < -0.39 is 12.0 Å². The van der Waals surface area contributed by atoms with Crippen molar-refractivity contribution in [2.45, 2.75) is 13.0 Å². The highest BCUT2D eigenvalue weighted by Crippen LogP contribution is 2.27. The summed E-state index contributed by atoms with van der Waals surface area (Å²) >= 11 is 0. The van der Waals surface area contributed by atoms with Crippen LogP contribution >= 0.6 is 0 Å². The Balaban J connectivity index is 2.55. The van der Waals surface area contributed by atoms with Gasteiger partial charge in [-0.05, 0) is 6.92 Å². The molecule has 2 aromatic rings. The molecule has 104 valence electrons. The third-order valence-corrected chi connectivity index (χ3v) is 3.06. The van der Waals surface area contributed by atoms with Crippen LogP contribution in [0.2, 0.25) is 0 Å². The van der Waals surface area contributed by atoms with Crippen molar-refractivity contribution in [2.75, 3.05) is 12.8 Å². The number of nitrogens with two attached hydrogens (primary N) is 1. The highest BCUT2D eigenvalue weighted by molar-refractivity contribution is 5.92. The Kier molecular flexibility index (Phi) is 3.84. The first-order chi connectivity index (χ1) is 9.60. The van der Waals surface area contributed by atoms with Gasteiger partial charge in [-0.15, -0.1) is 0 Å². The van der Waals surface area contributed by atoms with Gasteiger partial charge >= 0.3 is 5.97 Å². The van der Waals surface area contributed by atoms with Crippen molar-refractivity contribution in [3.63, 3.8) is 0 Å². The van der Waals surface area contributed by atoms with E-state index in [1.165, 1.54) is 11.8 Å². The van der Waals surface area contributed by atoms with Crippen LogP contribution in [0, 0.1) is 0 Å². The number of hydrogen-bond donors (Lipinski definition) is 1. The number of ether oxygens (including phenoxy) is 1. The van der Waals surface area contributed by atoms with E-state index in [0.717, 1.165) is 5.56 Å². The molecule has 1 atom stereocenters. The van der Waals surface area contributed by atoms with Crippen molar-refractivity contribution >= 4 is 18.1 Å². The normalized spacial score (nSPS) is 11.9. The molecule has 0 fully saturated rings. The van der Waals surface area contributed by atoms with E-state index in [1.54, 1.807) is 6.92 Å². The van der Waals surface area contributed by atoms with E-state index in [-0.39, 0.29) is 11.4 Å². The molecule has 1 heterocycles. The van der Waals surface area contributed by atoms with Crippen LogP contribution < -0.4 is 5.73 Å². The van der Waals surface area contributed by atoms with E-state index in [2.05, 4.69) is 9.84 Å². The molecule has 1 aromatic heterocycles. The van der Waals surface area contributed by atoms with Gasteiger partial charge in [0.2, 0.25) is 0 Å². The highest BCUT2D eigenvalue weighted by atomic mass is 16.5. The molecule has 0 aliphatic heterocycles. The first-order valence-electron chi connectivity index (χ1n) is 6.06. The molecule has 0 aliphatic carbocycles. The zero-order chi connectivity index (χ0) is 14.7. The molecule has 0 saturated heterocycles. The highest BCUT2D eigenvalue weighted by Gasteiger charge is 2.24. The summed E-state index contributed by atoms with van der Waals surface area (Å²) in [5, 5.41) is 4.28. The Morgan fingerprint density at radius 2 is 2.05 bits per heavy atom. The third kappa shape index (κ3) is 2.27. The monoisotopic (exact) mass is 273 g/mol. The van der Waals surface area contributed by atoms with Crippen LogP contribution in [0.1, 0.15) is 23.3 Å². The van der Waals surface area contributed by atoms with Crippen molar-refractivity contribution in [3.05, 3.63) is 35.9 Å². The van der Waals surface area contributed by atoms with Gasteiger partial charge in [0.25, 0.3) is 0 Å². The number of methoxy groups -OCH3 is 1. The molecule has 1 unspecified atom stereocenters. The molecule has 2 N–H and O–H groups in total. The Hall–Kier alpha value is -2.63. The molecule has 6 nitrogen and oxygen atoms in total. The molecule has 6 heteroatoms. The number of anilines is 1. The summed E-state index contributed by atoms with van der Waals surface area (Å²) in [4.78, 5) is 22.8. The van der Waals surface area contributed by atoms with Gasteiger partial charge in [-0.1, -0.05) is 30.3 Å². The molecule has 20 heavy (non-hydrogen) atoms. The van der Waals surface area contributed by atoms with Gasteiger partial charge in [0.1, 0.15) is 17.6 Å². The molecule has 0 aliphatic rings. The number of aromatic nitrogens is 2. The largest absolute Gasteiger partial charge is 0.467 e. The van der Waals surface area contributed by atoms with E-state index in [0.29, 0.717) is 12.0 Å². The molecule has 0 bridgehead atoms. The van der Waals surface area contributed by atoms with Gasteiger partial charge in [0.05, 0.1) is 12.7 Å². The van der Waals surface area contributed by atoms with Crippen molar-refractivity contribution in [1.82, 2.24) is 9.78 Å². The lowest BCUT2D eigenvalue weighted by Crippen LogP contribution is -2.20. The molecular formula is C14H15N3O3. The number of aldehydes is 1. The molecule has 2 rings (SSSR count). The summed E-state index contributed by atoms with van der Waals surface area (Å²) in [7, 11) is 1.29. The summed E-state index contributed by atoms with van der Waals surface area (Å²) < 4.78 is 5.97. The average Bonchev–Trinajstić information content (AvgIpc) is 2.83. The van der Waals surface area contributed by atoms with Crippen molar-refractivity contribution in [1.29, 1.82) is 0 Å². The Labute approximate surface area is 116 Å². The SMILES string of the molecule is COC(=O)C(C)n1nc(-c2ccccc2)c(C=O)c1N. The summed E-state index contributed by atoms with van der Waals surface area (Å²) in [6.45, 7) is 1.61. The minimum absolute atomic E-state index is 0.150. The number of benzene rings is 1. The minimum atomic E-state index is -0.698. The maximum atomic E-state index is 11.6. The van der Waals surface area contributed by atoms with Gasteiger partial charge < -0.3 is 10.5 Å². The maximum Gasteiger partial charge on any atom is 0.330 e. The van der Waals surface area contributed by atoms with Gasteiger partial charge in [-0.3, -0.25) is 4.79 Å². The van der Waals surface area contributed by atoms with Gasteiger partial charge in [-0.2, -0.15) is 5.10 Å². The van der Waals surface area contributed by atoms with Crippen LogP contribution in [-0.4, -0.2) is 29.1 Å². The predicted molar refractivity (Wildman–Crippen MR) is 74.2 cm³/mol. The lowest BCUT2D eigenvalue weighted by molar-refractivity contribution is -0.144. The van der Waals surface area contributed by atoms with Gasteiger partial charge in [0.15, 0.2) is 6.29 Å². The van der Waals surface area contributed by atoms with Crippen LogP contribution in [0.25, 0.3) is 11.3 Å². The standard InChI is InChI=1S/C14H15N3O3/c1-9(14(19)20-2)17-13(15)11(8-18)12(16-17)10-6-4-3-5-7-10/h3-9H,15H2,1-2H3. The van der Waals surface area contributed by atoms with Crippen molar-refractivity contribution in [2.24, 2.45) is 0 Å². The number of nitrogen functional groups attached to an aromatic ring is 1. The second-order valence-corrected chi connectivity index (χ2v) is 4.28. The zero-order valence-electron chi connectivity index (χ0n) is 11.2. The fraction of sp³-hybridized carbons (Fsp3) is 0.214. The van der Waals surface area contributed by atoms with Crippen molar-refractivity contribution < 1.29 is 14.3 Å². The van der Waals surface area contributed by atoms with E-state index >= 15 is 0 Å². The van der Waals surface area contributed by atoms with Crippen LogP contribution in [0.3, 0.4) is 0 Å². The summed E-state index contributed by atoms with van der Waals surface area (Å²) in [5.74, 6) is -0.326. The molecule has 0 radical (unpaired) electrons. The second kappa shape index (κ2) is 5.56. The lowest BCUT2D eigenvalue weighted by Gasteiger charge is -2.10. The summed E-state index contributed by atoms with van der Waals surface area (Å²) in [6, 6.07) is 8.48. The Morgan fingerprint density at radius 3 is 2.60 bits per heavy atom. The lowest BCUT2D eigenvalue weighted by atomic mass is 10.1. The first-order valence-corrected chi connectivity index (χ1v) is 6.06. The van der Waals surface area contributed by atoms with E-state index in [9.17, 15) is 9.59 Å². The van der Waals surface area contributed by atoms with E-state index in [1.807, 2.05) is 30.3 Å². The smallest absolute Gasteiger partial charge is 0.330 e. The number of nitrogens with zero attached hydrogens (tertiary/aromatic N) is 2. The maximum absolute atomic E-state index is 11.6.